The Balaban J connectivity index is 3.80. The van der Waals surface area contributed by atoms with Crippen LogP contribution >= 0.6 is 12.2 Å². The predicted molar refractivity (Wildman–Crippen MR) is 47.2 cm³/mol. The molecule has 0 bridgehead atoms. The number of hydrogen-bond donors (Lipinski definition) is 1. The Hall–Kier alpha value is 0.0100. The van der Waals surface area contributed by atoms with Crippen molar-refractivity contribution < 1.29 is 9.59 Å². The smallest absolute Gasteiger partial charge is 0.134 e. The SMILES string of the molecule is CC(=S)C(O)C[N+](C)(C)C. The monoisotopic (exact) mass is 162 g/mol. The summed E-state index contributed by atoms with van der Waals surface area (Å²) >= 11 is 4.83. The van der Waals surface area contributed by atoms with Crippen molar-refractivity contribution in [2.75, 3.05) is 27.7 Å². The Kier molecular flexibility index (Phi) is 3.42. The normalized spacial score (nSPS) is 14.9. The summed E-state index contributed by atoms with van der Waals surface area (Å²) < 4.78 is 0.745. The van der Waals surface area contributed by atoms with Crippen molar-refractivity contribution in [1.82, 2.24) is 0 Å². The maximum Gasteiger partial charge on any atom is 0.134 e. The predicted octanol–water partition coefficient (Wildman–Crippen LogP) is 0.443. The zero-order valence-corrected chi connectivity index (χ0v) is 7.90. The molecule has 0 rings (SSSR count). The number of likely N-dealkylation sites (N-methyl/N-ethyl adjacent to an activating group) is 1. The van der Waals surface area contributed by atoms with Crippen molar-refractivity contribution in [1.29, 1.82) is 0 Å². The summed E-state index contributed by atoms with van der Waals surface area (Å²) in [6.07, 6.45) is -0.435. The Labute approximate surface area is 68.1 Å². The summed E-state index contributed by atoms with van der Waals surface area (Å²) in [5, 5.41) is 9.31. The maximum atomic E-state index is 9.31. The first kappa shape index (κ1) is 10.0. The number of aliphatic hydroxyl groups is 1. The van der Waals surface area contributed by atoms with Crippen LogP contribution in [-0.2, 0) is 0 Å². The molecule has 1 unspecified atom stereocenters. The fourth-order valence-electron chi connectivity index (χ4n) is 0.647. The van der Waals surface area contributed by atoms with E-state index in [-0.39, 0.29) is 0 Å². The summed E-state index contributed by atoms with van der Waals surface area (Å²) in [7, 11) is 6.09. The molecule has 0 radical (unpaired) electrons. The highest BCUT2D eigenvalue weighted by Gasteiger charge is 2.15. The van der Waals surface area contributed by atoms with E-state index in [1.807, 2.05) is 21.1 Å². The molecule has 0 aromatic carbocycles. The lowest BCUT2D eigenvalue weighted by atomic mass is 10.2. The number of hydrogen-bond acceptors (Lipinski definition) is 2. The highest BCUT2D eigenvalue weighted by molar-refractivity contribution is 7.80. The van der Waals surface area contributed by atoms with Gasteiger partial charge in [-0.25, -0.2) is 0 Å². The second-order valence-electron chi connectivity index (χ2n) is 3.60. The van der Waals surface area contributed by atoms with Crippen molar-refractivity contribution in [2.24, 2.45) is 0 Å². The second-order valence-corrected chi connectivity index (χ2v) is 4.24. The third-order valence-corrected chi connectivity index (χ3v) is 1.46. The van der Waals surface area contributed by atoms with Gasteiger partial charge in [-0.3, -0.25) is 0 Å². The summed E-state index contributed by atoms with van der Waals surface area (Å²) in [4.78, 5) is 0.674. The van der Waals surface area contributed by atoms with Crippen molar-refractivity contribution in [2.45, 2.75) is 13.0 Å². The molecule has 0 fully saturated rings. The van der Waals surface area contributed by atoms with E-state index in [1.165, 1.54) is 0 Å². The third-order valence-electron chi connectivity index (χ3n) is 1.19. The van der Waals surface area contributed by atoms with E-state index >= 15 is 0 Å². The van der Waals surface area contributed by atoms with Gasteiger partial charge in [0.15, 0.2) is 0 Å². The molecule has 0 saturated heterocycles. The van der Waals surface area contributed by atoms with E-state index in [4.69, 9.17) is 12.2 Å². The Morgan fingerprint density at radius 3 is 2.00 bits per heavy atom. The summed E-state index contributed by atoms with van der Waals surface area (Å²) in [6, 6.07) is 0. The highest BCUT2D eigenvalue weighted by atomic mass is 32.1. The van der Waals surface area contributed by atoms with E-state index in [0.717, 1.165) is 4.48 Å². The maximum absolute atomic E-state index is 9.31. The average molecular weight is 162 g/mol. The molecule has 0 aromatic rings. The number of rotatable bonds is 3. The van der Waals surface area contributed by atoms with Gasteiger partial charge in [-0.2, -0.15) is 0 Å². The van der Waals surface area contributed by atoms with Crippen LogP contribution in [0.5, 0.6) is 0 Å². The van der Waals surface area contributed by atoms with Gasteiger partial charge in [-0.15, -0.1) is 0 Å². The van der Waals surface area contributed by atoms with Crippen LogP contribution in [0.2, 0.25) is 0 Å². The molecular formula is C7H16NOS+. The lowest BCUT2D eigenvalue weighted by Gasteiger charge is -2.26. The van der Waals surface area contributed by atoms with Crippen LogP contribution in [0.1, 0.15) is 6.92 Å². The van der Waals surface area contributed by atoms with Crippen LogP contribution in [-0.4, -0.2) is 48.2 Å². The van der Waals surface area contributed by atoms with Crippen molar-refractivity contribution >= 4 is 17.1 Å². The minimum atomic E-state index is -0.435. The molecule has 0 aromatic heterocycles. The second kappa shape index (κ2) is 3.42. The van der Waals surface area contributed by atoms with E-state index in [0.29, 0.717) is 11.4 Å². The first-order valence-corrected chi connectivity index (χ1v) is 3.73. The van der Waals surface area contributed by atoms with Gasteiger partial charge in [0, 0.05) is 4.86 Å². The van der Waals surface area contributed by atoms with Crippen LogP contribution in [0.15, 0.2) is 0 Å². The lowest BCUT2D eigenvalue weighted by Crippen LogP contribution is -2.43. The summed E-state index contributed by atoms with van der Waals surface area (Å²) in [5.74, 6) is 0. The Morgan fingerprint density at radius 1 is 1.50 bits per heavy atom. The summed E-state index contributed by atoms with van der Waals surface area (Å²) in [5.41, 5.74) is 0. The standard InChI is InChI=1S/C7H16NOS/c1-6(10)7(9)5-8(2,3)4/h7,9H,5H2,1-4H3/q+1. The third kappa shape index (κ3) is 4.85. The van der Waals surface area contributed by atoms with Gasteiger partial charge in [0.25, 0.3) is 0 Å². The van der Waals surface area contributed by atoms with E-state index in [1.54, 1.807) is 6.92 Å². The molecule has 10 heavy (non-hydrogen) atoms. The Bertz CT molecular complexity index is 128. The molecule has 0 aliphatic heterocycles. The van der Waals surface area contributed by atoms with Crippen LogP contribution in [0.3, 0.4) is 0 Å². The van der Waals surface area contributed by atoms with E-state index in [2.05, 4.69) is 0 Å². The highest BCUT2D eigenvalue weighted by Crippen LogP contribution is 1.96. The molecule has 1 atom stereocenters. The van der Waals surface area contributed by atoms with E-state index < -0.39 is 6.10 Å². The summed E-state index contributed by atoms with van der Waals surface area (Å²) in [6.45, 7) is 2.46. The molecule has 0 spiro atoms. The van der Waals surface area contributed by atoms with Gasteiger partial charge in [-0.1, -0.05) is 12.2 Å². The zero-order valence-electron chi connectivity index (χ0n) is 7.09. The van der Waals surface area contributed by atoms with Gasteiger partial charge in [-0.05, 0) is 6.92 Å². The molecule has 2 nitrogen and oxygen atoms in total. The van der Waals surface area contributed by atoms with Gasteiger partial charge < -0.3 is 9.59 Å². The molecule has 1 N–H and O–H groups in total. The number of quaternary nitrogens is 1. The van der Waals surface area contributed by atoms with Crippen LogP contribution in [0.25, 0.3) is 0 Å². The first-order valence-electron chi connectivity index (χ1n) is 3.32. The molecule has 0 saturated carbocycles. The number of thiocarbonyl (C=S) groups is 1. The van der Waals surface area contributed by atoms with Crippen molar-refractivity contribution in [3.63, 3.8) is 0 Å². The Morgan fingerprint density at radius 2 is 1.90 bits per heavy atom. The van der Waals surface area contributed by atoms with Crippen LogP contribution < -0.4 is 0 Å². The lowest BCUT2D eigenvalue weighted by molar-refractivity contribution is -0.872. The van der Waals surface area contributed by atoms with Crippen molar-refractivity contribution in [3.05, 3.63) is 0 Å². The fourth-order valence-corrected chi connectivity index (χ4v) is 0.722. The molecule has 0 heterocycles. The molecule has 3 heteroatoms. The van der Waals surface area contributed by atoms with Gasteiger partial charge in [0.05, 0.1) is 21.1 Å². The topological polar surface area (TPSA) is 20.2 Å². The molecule has 60 valence electrons. The van der Waals surface area contributed by atoms with Gasteiger partial charge >= 0.3 is 0 Å². The fraction of sp³-hybridized carbons (Fsp3) is 0.857. The van der Waals surface area contributed by atoms with Gasteiger partial charge in [0.1, 0.15) is 12.6 Å². The zero-order chi connectivity index (χ0) is 8.36. The van der Waals surface area contributed by atoms with Crippen LogP contribution in [0.4, 0.5) is 0 Å². The van der Waals surface area contributed by atoms with Crippen molar-refractivity contribution in [3.8, 4) is 0 Å². The number of nitrogens with zero attached hydrogens (tertiary/aromatic N) is 1. The molecule has 0 aliphatic rings. The van der Waals surface area contributed by atoms with Gasteiger partial charge in [0.2, 0.25) is 0 Å². The molecular weight excluding hydrogens is 146 g/mol. The largest absolute Gasteiger partial charge is 0.382 e. The molecule has 0 amide bonds. The minimum Gasteiger partial charge on any atom is -0.382 e. The number of aliphatic hydroxyl groups excluding tert-OH is 1. The average Bonchev–Trinajstić information content (AvgIpc) is 1.60. The van der Waals surface area contributed by atoms with Crippen LogP contribution in [0, 0.1) is 0 Å². The minimum absolute atomic E-state index is 0.435. The molecule has 0 aliphatic carbocycles. The van der Waals surface area contributed by atoms with E-state index in [9.17, 15) is 5.11 Å². The first-order chi connectivity index (χ1) is 4.33. The quantitative estimate of drug-likeness (QED) is 0.480.